The number of hydrogen-bond donors (Lipinski definition) is 2. The Morgan fingerprint density at radius 1 is 1.35 bits per heavy atom. The fraction of sp³-hybridized carbons (Fsp3) is 0.333. The lowest BCUT2D eigenvalue weighted by molar-refractivity contribution is -0.138. The van der Waals surface area contributed by atoms with E-state index in [-0.39, 0.29) is 13.2 Å². The second kappa shape index (κ2) is 6.52. The molecule has 1 rings (SSSR count). The third kappa shape index (κ3) is 4.14. The van der Waals surface area contributed by atoms with Crippen LogP contribution in [0.25, 0.3) is 0 Å². The van der Waals surface area contributed by atoms with Gasteiger partial charge in [0, 0.05) is 6.54 Å². The van der Waals surface area contributed by atoms with Gasteiger partial charge in [-0.15, -0.1) is 0 Å². The van der Waals surface area contributed by atoms with E-state index in [4.69, 9.17) is 5.11 Å². The number of hydrogen-bond acceptors (Lipinski definition) is 3. The third-order valence-corrected chi connectivity index (χ3v) is 2.23. The molecule has 5 nitrogen and oxygen atoms in total. The van der Waals surface area contributed by atoms with Gasteiger partial charge in [0.2, 0.25) is 0 Å². The molecule has 1 aromatic carbocycles. The first kappa shape index (κ1) is 13.0. The first-order valence-electron chi connectivity index (χ1n) is 5.33. The molecule has 17 heavy (non-hydrogen) atoms. The minimum atomic E-state index is -0.979. The van der Waals surface area contributed by atoms with E-state index in [1.165, 1.54) is 0 Å². The number of carbonyl (C=O) groups is 2. The molecule has 1 amide bonds. The minimum Gasteiger partial charge on any atom is -0.481 e. The molecule has 0 spiro atoms. The van der Waals surface area contributed by atoms with E-state index in [0.29, 0.717) is 5.56 Å². The van der Waals surface area contributed by atoms with Crippen LogP contribution in [0.2, 0.25) is 0 Å². The van der Waals surface area contributed by atoms with Crippen molar-refractivity contribution in [3.63, 3.8) is 0 Å². The van der Waals surface area contributed by atoms with Gasteiger partial charge in [0.1, 0.15) is 0 Å². The number of amides is 1. The summed E-state index contributed by atoms with van der Waals surface area (Å²) >= 11 is 0. The van der Waals surface area contributed by atoms with Gasteiger partial charge in [-0.1, -0.05) is 30.3 Å². The third-order valence-electron chi connectivity index (χ3n) is 2.23. The van der Waals surface area contributed by atoms with Crippen LogP contribution >= 0.6 is 0 Å². The minimum absolute atomic E-state index is 0.0121. The van der Waals surface area contributed by atoms with Gasteiger partial charge in [-0.3, -0.25) is 4.79 Å². The molecule has 5 heteroatoms. The highest BCUT2D eigenvalue weighted by molar-refractivity contribution is 5.77. The van der Waals surface area contributed by atoms with E-state index in [9.17, 15) is 9.59 Å². The average molecular weight is 237 g/mol. The fourth-order valence-electron chi connectivity index (χ4n) is 1.40. The van der Waals surface area contributed by atoms with Crippen LogP contribution in [0, 0.1) is 0 Å². The maximum atomic E-state index is 11.1. The predicted molar refractivity (Wildman–Crippen MR) is 61.8 cm³/mol. The van der Waals surface area contributed by atoms with Gasteiger partial charge in [-0.2, -0.15) is 0 Å². The second-order valence-electron chi connectivity index (χ2n) is 3.40. The Morgan fingerprint density at radius 2 is 2.00 bits per heavy atom. The molecule has 0 aliphatic carbocycles. The molecule has 0 radical (unpaired) electrons. The van der Waals surface area contributed by atoms with Crippen LogP contribution in [0.5, 0.6) is 0 Å². The number of carbonyl (C=O) groups excluding carboxylic acids is 1. The van der Waals surface area contributed by atoms with Crippen molar-refractivity contribution >= 4 is 12.1 Å². The Balaban J connectivity index is 2.62. The van der Waals surface area contributed by atoms with Crippen LogP contribution in [0.15, 0.2) is 30.3 Å². The van der Waals surface area contributed by atoms with E-state index < -0.39 is 18.0 Å². The summed E-state index contributed by atoms with van der Waals surface area (Å²) in [6, 6.07) is 8.75. The van der Waals surface area contributed by atoms with Gasteiger partial charge in [-0.25, -0.2) is 4.79 Å². The normalized spacial score (nSPS) is 11.6. The molecular weight excluding hydrogens is 222 g/mol. The van der Waals surface area contributed by atoms with Crippen LogP contribution in [0.4, 0.5) is 4.79 Å². The standard InChI is InChI=1S/C12H15NO4/c1-2-17-12(16)13-8-10(11(14)15)9-6-4-3-5-7-9/h3-7,10H,2,8H2,1H3,(H,13,16)(H,14,15). The molecule has 1 aromatic rings. The summed E-state index contributed by atoms with van der Waals surface area (Å²) in [6.07, 6.45) is -0.602. The number of benzene rings is 1. The summed E-state index contributed by atoms with van der Waals surface area (Å²) in [6.45, 7) is 1.96. The number of rotatable bonds is 5. The summed E-state index contributed by atoms with van der Waals surface area (Å²) in [5.41, 5.74) is 0.650. The number of ether oxygens (including phenoxy) is 1. The second-order valence-corrected chi connectivity index (χ2v) is 3.40. The summed E-state index contributed by atoms with van der Waals surface area (Å²) < 4.78 is 4.66. The van der Waals surface area contributed by atoms with Crippen molar-refractivity contribution in [2.45, 2.75) is 12.8 Å². The number of nitrogens with one attached hydrogen (secondary N) is 1. The van der Waals surface area contributed by atoms with E-state index >= 15 is 0 Å². The maximum Gasteiger partial charge on any atom is 0.407 e. The van der Waals surface area contributed by atoms with E-state index in [0.717, 1.165) is 0 Å². The Bertz CT molecular complexity index is 377. The smallest absolute Gasteiger partial charge is 0.407 e. The highest BCUT2D eigenvalue weighted by Gasteiger charge is 2.20. The van der Waals surface area contributed by atoms with Crippen molar-refractivity contribution in [3.05, 3.63) is 35.9 Å². The first-order valence-corrected chi connectivity index (χ1v) is 5.33. The zero-order chi connectivity index (χ0) is 12.7. The zero-order valence-corrected chi connectivity index (χ0v) is 9.55. The number of aliphatic carboxylic acids is 1. The average Bonchev–Trinajstić information content (AvgIpc) is 2.30. The van der Waals surface area contributed by atoms with Gasteiger partial charge in [0.15, 0.2) is 0 Å². The molecule has 0 saturated heterocycles. The highest BCUT2D eigenvalue weighted by atomic mass is 16.5. The molecule has 0 heterocycles. The van der Waals surface area contributed by atoms with Crippen molar-refractivity contribution in [1.29, 1.82) is 0 Å². The fourth-order valence-corrected chi connectivity index (χ4v) is 1.40. The van der Waals surface area contributed by atoms with Gasteiger partial charge >= 0.3 is 12.1 Å². The van der Waals surface area contributed by atoms with Gasteiger partial charge in [0.05, 0.1) is 12.5 Å². The molecule has 1 unspecified atom stereocenters. The Labute approximate surface area is 99.4 Å². The van der Waals surface area contributed by atoms with Gasteiger partial charge in [-0.05, 0) is 12.5 Å². The lowest BCUT2D eigenvalue weighted by atomic mass is 9.99. The molecule has 92 valence electrons. The van der Waals surface area contributed by atoms with Crippen molar-refractivity contribution in [2.75, 3.05) is 13.2 Å². The van der Waals surface area contributed by atoms with Crippen LogP contribution in [0.3, 0.4) is 0 Å². The monoisotopic (exact) mass is 237 g/mol. The maximum absolute atomic E-state index is 11.1. The van der Waals surface area contributed by atoms with Gasteiger partial charge < -0.3 is 15.2 Å². The number of alkyl carbamates (subject to hydrolysis) is 1. The molecule has 0 fully saturated rings. The van der Waals surface area contributed by atoms with Gasteiger partial charge in [0.25, 0.3) is 0 Å². The molecule has 2 N–H and O–H groups in total. The predicted octanol–water partition coefficient (Wildman–Crippen LogP) is 1.60. The molecule has 0 aliphatic heterocycles. The first-order chi connectivity index (χ1) is 8.15. The van der Waals surface area contributed by atoms with Crippen molar-refractivity contribution < 1.29 is 19.4 Å². The Kier molecular flexibility index (Phi) is 5.00. The van der Waals surface area contributed by atoms with E-state index in [1.54, 1.807) is 37.3 Å². The molecule has 0 aliphatic rings. The molecule has 1 atom stereocenters. The molecular formula is C12H15NO4. The Morgan fingerprint density at radius 3 is 2.53 bits per heavy atom. The quantitative estimate of drug-likeness (QED) is 0.815. The summed E-state index contributed by atoms with van der Waals surface area (Å²) in [7, 11) is 0. The lowest BCUT2D eigenvalue weighted by Crippen LogP contribution is -2.32. The van der Waals surface area contributed by atoms with Crippen LogP contribution < -0.4 is 5.32 Å². The number of carboxylic acid groups (broad SMARTS) is 1. The van der Waals surface area contributed by atoms with Crippen LogP contribution in [-0.2, 0) is 9.53 Å². The topological polar surface area (TPSA) is 75.6 Å². The van der Waals surface area contributed by atoms with E-state index in [2.05, 4.69) is 10.1 Å². The SMILES string of the molecule is CCOC(=O)NCC(C(=O)O)c1ccccc1. The van der Waals surface area contributed by atoms with Crippen LogP contribution in [0.1, 0.15) is 18.4 Å². The summed E-state index contributed by atoms with van der Waals surface area (Å²) in [4.78, 5) is 22.2. The summed E-state index contributed by atoms with van der Waals surface area (Å²) in [5.74, 6) is -1.74. The number of carboxylic acids is 1. The molecule has 0 bridgehead atoms. The molecule has 0 aromatic heterocycles. The van der Waals surface area contributed by atoms with Crippen molar-refractivity contribution in [1.82, 2.24) is 5.32 Å². The zero-order valence-electron chi connectivity index (χ0n) is 9.55. The Hall–Kier alpha value is -2.04. The highest BCUT2D eigenvalue weighted by Crippen LogP contribution is 2.14. The largest absolute Gasteiger partial charge is 0.481 e. The van der Waals surface area contributed by atoms with Crippen molar-refractivity contribution in [3.8, 4) is 0 Å². The van der Waals surface area contributed by atoms with Crippen LogP contribution in [-0.4, -0.2) is 30.3 Å². The summed E-state index contributed by atoms with van der Waals surface area (Å²) in [5, 5.41) is 11.5. The molecule has 0 saturated carbocycles. The van der Waals surface area contributed by atoms with E-state index in [1.807, 2.05) is 0 Å². The lowest BCUT2D eigenvalue weighted by Gasteiger charge is -2.13. The van der Waals surface area contributed by atoms with Crippen molar-refractivity contribution in [2.24, 2.45) is 0 Å².